The Morgan fingerprint density at radius 1 is 1.38 bits per heavy atom. The molecule has 0 radical (unpaired) electrons. The first kappa shape index (κ1) is 13.0. The van der Waals surface area contributed by atoms with Crippen LogP contribution in [0.2, 0.25) is 0 Å². The summed E-state index contributed by atoms with van der Waals surface area (Å²) in [6.45, 7) is 4.27. The molecule has 0 aliphatic rings. The molecule has 90 valence electrons. The molecule has 0 aliphatic carbocycles. The third-order valence-corrected chi connectivity index (χ3v) is 2.44. The van der Waals surface area contributed by atoms with E-state index in [0.717, 1.165) is 19.3 Å². The van der Waals surface area contributed by atoms with E-state index in [9.17, 15) is 9.50 Å². The van der Waals surface area contributed by atoms with Gasteiger partial charge in [-0.05, 0) is 31.0 Å². The summed E-state index contributed by atoms with van der Waals surface area (Å²) in [7, 11) is 0. The molecule has 0 heterocycles. The number of benzene rings is 1. The standard InChI is InChI=1S/C13H19FO2/c1-3-4-5-8-16-13-9-11(10(2)15)6-7-12(13)14/h6-7,9-10,15H,3-5,8H2,1-2H3/t10-/m0/s1. The summed E-state index contributed by atoms with van der Waals surface area (Å²) in [4.78, 5) is 0. The van der Waals surface area contributed by atoms with Crippen LogP contribution in [-0.2, 0) is 0 Å². The van der Waals surface area contributed by atoms with Crippen LogP contribution >= 0.6 is 0 Å². The first-order valence-electron chi connectivity index (χ1n) is 5.75. The fourth-order valence-corrected chi connectivity index (χ4v) is 1.42. The van der Waals surface area contributed by atoms with Gasteiger partial charge in [0, 0.05) is 0 Å². The van der Waals surface area contributed by atoms with Crippen LogP contribution in [0, 0.1) is 5.82 Å². The van der Waals surface area contributed by atoms with Crippen molar-refractivity contribution >= 4 is 0 Å². The molecule has 3 heteroatoms. The van der Waals surface area contributed by atoms with E-state index in [0.29, 0.717) is 12.2 Å². The lowest BCUT2D eigenvalue weighted by molar-refractivity contribution is 0.198. The number of ether oxygens (including phenoxy) is 1. The fraction of sp³-hybridized carbons (Fsp3) is 0.538. The molecular weight excluding hydrogens is 207 g/mol. The van der Waals surface area contributed by atoms with E-state index in [2.05, 4.69) is 6.92 Å². The molecule has 0 amide bonds. The number of aliphatic hydroxyl groups excluding tert-OH is 1. The Balaban J connectivity index is 2.60. The van der Waals surface area contributed by atoms with Gasteiger partial charge in [-0.1, -0.05) is 25.8 Å². The molecule has 0 aliphatic heterocycles. The SMILES string of the molecule is CCCCCOc1cc([C@H](C)O)ccc1F. The summed E-state index contributed by atoms with van der Waals surface area (Å²) in [5.41, 5.74) is 0.673. The van der Waals surface area contributed by atoms with E-state index >= 15 is 0 Å². The molecule has 0 spiro atoms. The van der Waals surface area contributed by atoms with E-state index in [-0.39, 0.29) is 11.6 Å². The van der Waals surface area contributed by atoms with Gasteiger partial charge in [-0.25, -0.2) is 4.39 Å². The van der Waals surface area contributed by atoms with Crippen molar-refractivity contribution in [2.75, 3.05) is 6.61 Å². The van der Waals surface area contributed by atoms with Gasteiger partial charge in [0.1, 0.15) is 0 Å². The average Bonchev–Trinajstić information content (AvgIpc) is 2.26. The van der Waals surface area contributed by atoms with Crippen LogP contribution in [0.1, 0.15) is 44.8 Å². The Labute approximate surface area is 96.1 Å². The quantitative estimate of drug-likeness (QED) is 0.753. The lowest BCUT2D eigenvalue weighted by Crippen LogP contribution is -2.01. The Morgan fingerprint density at radius 3 is 2.75 bits per heavy atom. The second-order valence-corrected chi connectivity index (χ2v) is 3.92. The smallest absolute Gasteiger partial charge is 0.165 e. The molecule has 1 rings (SSSR count). The van der Waals surface area contributed by atoms with Gasteiger partial charge in [-0.3, -0.25) is 0 Å². The zero-order valence-corrected chi connectivity index (χ0v) is 9.87. The van der Waals surface area contributed by atoms with Crippen LogP contribution < -0.4 is 4.74 Å². The number of rotatable bonds is 6. The Morgan fingerprint density at radius 2 is 2.12 bits per heavy atom. The third kappa shape index (κ3) is 3.81. The monoisotopic (exact) mass is 226 g/mol. The van der Waals surface area contributed by atoms with E-state index in [4.69, 9.17) is 4.74 Å². The van der Waals surface area contributed by atoms with E-state index in [1.54, 1.807) is 19.1 Å². The first-order chi connectivity index (χ1) is 7.65. The largest absolute Gasteiger partial charge is 0.491 e. The predicted octanol–water partition coefficient (Wildman–Crippen LogP) is 3.45. The van der Waals surface area contributed by atoms with Gasteiger partial charge >= 0.3 is 0 Å². The molecular formula is C13H19FO2. The number of unbranched alkanes of at least 4 members (excludes halogenated alkanes) is 2. The molecule has 1 atom stereocenters. The maximum absolute atomic E-state index is 13.3. The number of halogens is 1. The van der Waals surface area contributed by atoms with Gasteiger partial charge in [0.2, 0.25) is 0 Å². The van der Waals surface area contributed by atoms with Gasteiger partial charge in [0.05, 0.1) is 12.7 Å². The van der Waals surface area contributed by atoms with Crippen molar-refractivity contribution in [2.45, 2.75) is 39.2 Å². The minimum Gasteiger partial charge on any atom is -0.491 e. The molecule has 0 fully saturated rings. The summed E-state index contributed by atoms with van der Waals surface area (Å²) < 4.78 is 18.7. The first-order valence-corrected chi connectivity index (χ1v) is 5.75. The molecule has 0 unspecified atom stereocenters. The molecule has 0 saturated carbocycles. The molecule has 2 nitrogen and oxygen atoms in total. The van der Waals surface area contributed by atoms with Gasteiger partial charge in [0.25, 0.3) is 0 Å². The van der Waals surface area contributed by atoms with Crippen molar-refractivity contribution in [3.8, 4) is 5.75 Å². The fourth-order valence-electron chi connectivity index (χ4n) is 1.42. The minimum atomic E-state index is -0.599. The van der Waals surface area contributed by atoms with Crippen molar-refractivity contribution in [1.82, 2.24) is 0 Å². The second-order valence-electron chi connectivity index (χ2n) is 3.92. The van der Waals surface area contributed by atoms with Gasteiger partial charge in [-0.15, -0.1) is 0 Å². The molecule has 0 bridgehead atoms. The van der Waals surface area contributed by atoms with Crippen molar-refractivity contribution in [3.63, 3.8) is 0 Å². The van der Waals surface area contributed by atoms with Crippen LogP contribution in [0.25, 0.3) is 0 Å². The van der Waals surface area contributed by atoms with Crippen LogP contribution in [0.5, 0.6) is 5.75 Å². The maximum Gasteiger partial charge on any atom is 0.165 e. The Kier molecular flexibility index (Phi) is 5.26. The molecule has 0 saturated heterocycles. The van der Waals surface area contributed by atoms with Crippen molar-refractivity contribution in [1.29, 1.82) is 0 Å². The molecule has 0 aromatic heterocycles. The van der Waals surface area contributed by atoms with Crippen molar-refractivity contribution in [3.05, 3.63) is 29.6 Å². The molecule has 1 N–H and O–H groups in total. The van der Waals surface area contributed by atoms with Crippen LogP contribution in [-0.4, -0.2) is 11.7 Å². The summed E-state index contributed by atoms with van der Waals surface area (Å²) in [5, 5.41) is 9.37. The Bertz CT molecular complexity index is 324. The van der Waals surface area contributed by atoms with E-state index < -0.39 is 6.10 Å². The van der Waals surface area contributed by atoms with Crippen molar-refractivity contribution in [2.24, 2.45) is 0 Å². The van der Waals surface area contributed by atoms with E-state index in [1.807, 2.05) is 0 Å². The molecule has 16 heavy (non-hydrogen) atoms. The van der Waals surface area contributed by atoms with Gasteiger partial charge in [0.15, 0.2) is 11.6 Å². The summed E-state index contributed by atoms with van der Waals surface area (Å²) in [6.07, 6.45) is 2.52. The lowest BCUT2D eigenvalue weighted by atomic mass is 10.1. The van der Waals surface area contributed by atoms with E-state index in [1.165, 1.54) is 6.07 Å². The average molecular weight is 226 g/mol. The molecule has 1 aromatic rings. The third-order valence-electron chi connectivity index (χ3n) is 2.44. The van der Waals surface area contributed by atoms with Crippen LogP contribution in [0.4, 0.5) is 4.39 Å². The number of hydrogen-bond donors (Lipinski definition) is 1. The highest BCUT2D eigenvalue weighted by atomic mass is 19.1. The summed E-state index contributed by atoms with van der Waals surface area (Å²) >= 11 is 0. The molecule has 1 aromatic carbocycles. The van der Waals surface area contributed by atoms with Crippen LogP contribution in [0.3, 0.4) is 0 Å². The lowest BCUT2D eigenvalue weighted by Gasteiger charge is -2.10. The van der Waals surface area contributed by atoms with Gasteiger partial charge in [-0.2, -0.15) is 0 Å². The topological polar surface area (TPSA) is 29.5 Å². The zero-order valence-electron chi connectivity index (χ0n) is 9.87. The second kappa shape index (κ2) is 6.48. The predicted molar refractivity (Wildman–Crippen MR) is 62.1 cm³/mol. The zero-order chi connectivity index (χ0) is 12.0. The normalized spacial score (nSPS) is 12.5. The highest BCUT2D eigenvalue weighted by molar-refractivity contribution is 5.31. The minimum absolute atomic E-state index is 0.231. The number of aliphatic hydroxyl groups is 1. The van der Waals surface area contributed by atoms with Crippen LogP contribution in [0.15, 0.2) is 18.2 Å². The Hall–Kier alpha value is -1.09. The summed E-state index contributed by atoms with van der Waals surface area (Å²) in [6, 6.07) is 4.46. The summed E-state index contributed by atoms with van der Waals surface area (Å²) in [5.74, 6) is -0.143. The highest BCUT2D eigenvalue weighted by Crippen LogP contribution is 2.22. The highest BCUT2D eigenvalue weighted by Gasteiger charge is 2.07. The van der Waals surface area contributed by atoms with Gasteiger partial charge < -0.3 is 9.84 Å². The number of hydrogen-bond acceptors (Lipinski definition) is 2. The van der Waals surface area contributed by atoms with Crippen molar-refractivity contribution < 1.29 is 14.2 Å². The maximum atomic E-state index is 13.3.